The van der Waals surface area contributed by atoms with E-state index in [1.807, 2.05) is 37.5 Å². The highest BCUT2D eigenvalue weighted by atomic mass is 35.5. The number of halogens is 2. The third-order valence-corrected chi connectivity index (χ3v) is 5.68. The average molecular weight is 465 g/mol. The van der Waals surface area contributed by atoms with Crippen LogP contribution in [-0.2, 0) is 17.9 Å². The smallest absolute Gasteiger partial charge is 0.234 e. The Morgan fingerprint density at radius 3 is 2.53 bits per heavy atom. The molecule has 3 rings (SSSR count). The van der Waals surface area contributed by atoms with Crippen LogP contribution in [0.15, 0.2) is 41.6 Å². The van der Waals surface area contributed by atoms with Gasteiger partial charge < -0.3 is 14.6 Å². The number of thioether (sulfide) groups is 1. The molecule has 0 aliphatic carbocycles. The van der Waals surface area contributed by atoms with Gasteiger partial charge in [-0.25, -0.2) is 0 Å². The van der Waals surface area contributed by atoms with E-state index in [1.165, 1.54) is 17.3 Å². The number of ether oxygens (including phenoxy) is 1. The largest absolute Gasteiger partial charge is 0.485 e. The highest BCUT2D eigenvalue weighted by Crippen LogP contribution is 2.24. The summed E-state index contributed by atoms with van der Waals surface area (Å²) in [5.41, 5.74) is 2.82. The zero-order chi connectivity index (χ0) is 21.7. The molecule has 0 unspecified atom stereocenters. The van der Waals surface area contributed by atoms with Crippen molar-refractivity contribution in [2.45, 2.75) is 39.1 Å². The van der Waals surface area contributed by atoms with Gasteiger partial charge in [-0.05, 0) is 50.6 Å². The highest BCUT2D eigenvalue weighted by Gasteiger charge is 2.14. The van der Waals surface area contributed by atoms with E-state index in [0.717, 1.165) is 11.3 Å². The molecule has 0 fully saturated rings. The summed E-state index contributed by atoms with van der Waals surface area (Å²) in [4.78, 5) is 12.3. The molecule has 1 N–H and O–H groups in total. The number of nitrogens with zero attached hydrogens (tertiary/aromatic N) is 3. The van der Waals surface area contributed by atoms with Crippen LogP contribution < -0.4 is 10.1 Å². The molecule has 0 radical (unpaired) electrons. The summed E-state index contributed by atoms with van der Waals surface area (Å²) in [6, 6.07) is 10.9. The van der Waals surface area contributed by atoms with E-state index in [4.69, 9.17) is 27.9 Å². The van der Waals surface area contributed by atoms with E-state index in [1.54, 1.807) is 18.2 Å². The molecule has 158 valence electrons. The molecule has 0 bridgehead atoms. The normalized spacial score (nSPS) is 10.8. The molecule has 0 saturated heterocycles. The van der Waals surface area contributed by atoms with Crippen LogP contribution in [0.25, 0.3) is 0 Å². The molecule has 0 spiro atoms. The fourth-order valence-corrected chi connectivity index (χ4v) is 4.25. The molecule has 30 heavy (non-hydrogen) atoms. The molecule has 0 atom stereocenters. The Hall–Kier alpha value is -2.22. The van der Waals surface area contributed by atoms with Crippen molar-refractivity contribution < 1.29 is 9.53 Å². The lowest BCUT2D eigenvalue weighted by Crippen LogP contribution is -2.15. The van der Waals surface area contributed by atoms with Crippen molar-refractivity contribution in [2.24, 2.45) is 0 Å². The van der Waals surface area contributed by atoms with Gasteiger partial charge in [0.05, 0.1) is 5.75 Å². The summed E-state index contributed by atoms with van der Waals surface area (Å²) >= 11 is 13.2. The molecule has 3 aromatic rings. The third kappa shape index (κ3) is 5.90. The number of benzene rings is 2. The first-order chi connectivity index (χ1) is 14.4. The quantitative estimate of drug-likeness (QED) is 0.443. The van der Waals surface area contributed by atoms with Crippen LogP contribution in [0.4, 0.5) is 5.69 Å². The maximum atomic E-state index is 12.3. The van der Waals surface area contributed by atoms with E-state index in [9.17, 15) is 4.79 Å². The Bertz CT molecular complexity index is 1040. The summed E-state index contributed by atoms with van der Waals surface area (Å²) in [5.74, 6) is 1.53. The Morgan fingerprint density at radius 2 is 1.87 bits per heavy atom. The second-order valence-electron chi connectivity index (χ2n) is 6.70. The number of aromatic nitrogens is 3. The first-order valence-corrected chi connectivity index (χ1v) is 11.1. The number of hydrogen-bond acceptors (Lipinski definition) is 5. The molecular formula is C21H22Cl2N4O2S. The molecule has 0 aliphatic rings. The molecule has 0 aliphatic heterocycles. The van der Waals surface area contributed by atoms with E-state index < -0.39 is 0 Å². The van der Waals surface area contributed by atoms with Crippen LogP contribution in [0, 0.1) is 13.8 Å². The molecule has 1 heterocycles. The Labute approximate surface area is 189 Å². The second-order valence-corrected chi connectivity index (χ2v) is 8.51. The number of hydrogen-bond donors (Lipinski definition) is 1. The van der Waals surface area contributed by atoms with Gasteiger partial charge in [-0.2, -0.15) is 0 Å². The molecular weight excluding hydrogens is 443 g/mol. The van der Waals surface area contributed by atoms with Crippen LogP contribution in [0.2, 0.25) is 10.0 Å². The lowest BCUT2D eigenvalue weighted by Gasteiger charge is -2.11. The van der Waals surface area contributed by atoms with Crippen molar-refractivity contribution in [3.63, 3.8) is 0 Å². The number of carbonyl (C=O) groups is 1. The molecule has 1 amide bonds. The first-order valence-electron chi connectivity index (χ1n) is 9.36. The van der Waals surface area contributed by atoms with Crippen LogP contribution in [0.3, 0.4) is 0 Å². The van der Waals surface area contributed by atoms with Gasteiger partial charge >= 0.3 is 0 Å². The number of carbonyl (C=O) groups excluding carboxylic acids is 1. The topological polar surface area (TPSA) is 69.0 Å². The molecule has 2 aromatic carbocycles. The fraction of sp³-hybridized carbons (Fsp3) is 0.286. The van der Waals surface area contributed by atoms with Gasteiger partial charge in [0, 0.05) is 22.3 Å². The maximum Gasteiger partial charge on any atom is 0.234 e. The lowest BCUT2D eigenvalue weighted by molar-refractivity contribution is -0.113. The molecule has 6 nitrogen and oxygen atoms in total. The fourth-order valence-electron chi connectivity index (χ4n) is 2.91. The number of anilines is 1. The third-order valence-electron chi connectivity index (χ3n) is 4.28. The Morgan fingerprint density at radius 1 is 1.13 bits per heavy atom. The van der Waals surface area contributed by atoms with E-state index in [2.05, 4.69) is 21.6 Å². The SMILES string of the molecule is CCn1c(COc2ccc(C)cc2C)nnc1SCC(=O)Nc1cc(Cl)cc(Cl)c1. The van der Waals surface area contributed by atoms with Crippen molar-refractivity contribution in [1.82, 2.24) is 14.8 Å². The van der Waals surface area contributed by atoms with Gasteiger partial charge in [0.2, 0.25) is 5.91 Å². The van der Waals surface area contributed by atoms with Gasteiger partial charge in [-0.15, -0.1) is 10.2 Å². The monoisotopic (exact) mass is 464 g/mol. The predicted molar refractivity (Wildman–Crippen MR) is 122 cm³/mol. The minimum absolute atomic E-state index is 0.181. The average Bonchev–Trinajstić information content (AvgIpc) is 3.06. The lowest BCUT2D eigenvalue weighted by atomic mass is 10.1. The van der Waals surface area contributed by atoms with Crippen LogP contribution in [-0.4, -0.2) is 26.4 Å². The molecule has 9 heteroatoms. The summed E-state index contributed by atoms with van der Waals surface area (Å²) in [6.45, 7) is 7.04. The standard InChI is InChI=1S/C21H22Cl2N4O2S/c1-4-27-19(11-29-18-6-5-13(2)7-14(18)3)25-26-21(27)30-12-20(28)24-17-9-15(22)8-16(23)10-17/h5-10H,4,11-12H2,1-3H3,(H,24,28). The number of aryl methyl sites for hydroxylation is 2. The summed E-state index contributed by atoms with van der Waals surface area (Å²) < 4.78 is 7.87. The maximum absolute atomic E-state index is 12.3. The van der Waals surface area contributed by atoms with Gasteiger partial charge in [-0.1, -0.05) is 52.7 Å². The Kier molecular flexibility index (Phi) is 7.64. The van der Waals surface area contributed by atoms with Crippen LogP contribution in [0.1, 0.15) is 23.9 Å². The van der Waals surface area contributed by atoms with Gasteiger partial charge in [-0.3, -0.25) is 4.79 Å². The molecule has 0 saturated carbocycles. The minimum atomic E-state index is -0.183. The summed E-state index contributed by atoms with van der Waals surface area (Å²) in [6.07, 6.45) is 0. The van der Waals surface area contributed by atoms with Crippen molar-refractivity contribution >= 4 is 46.6 Å². The van der Waals surface area contributed by atoms with Crippen LogP contribution in [0.5, 0.6) is 5.75 Å². The zero-order valence-corrected chi connectivity index (χ0v) is 19.2. The van der Waals surface area contributed by atoms with Crippen molar-refractivity contribution in [3.05, 3.63) is 63.4 Å². The van der Waals surface area contributed by atoms with Crippen LogP contribution >= 0.6 is 35.0 Å². The predicted octanol–water partition coefficient (Wildman–Crippen LogP) is 5.53. The Balaban J connectivity index is 1.60. The van der Waals surface area contributed by atoms with Crippen molar-refractivity contribution in [2.75, 3.05) is 11.1 Å². The van der Waals surface area contributed by atoms with Gasteiger partial charge in [0.1, 0.15) is 12.4 Å². The number of rotatable bonds is 8. The van der Waals surface area contributed by atoms with Crippen molar-refractivity contribution in [1.29, 1.82) is 0 Å². The zero-order valence-electron chi connectivity index (χ0n) is 16.9. The van der Waals surface area contributed by atoms with E-state index in [0.29, 0.717) is 39.9 Å². The van der Waals surface area contributed by atoms with Gasteiger partial charge in [0.15, 0.2) is 11.0 Å². The van der Waals surface area contributed by atoms with Gasteiger partial charge in [0.25, 0.3) is 0 Å². The number of amides is 1. The van der Waals surface area contributed by atoms with Crippen molar-refractivity contribution in [3.8, 4) is 5.75 Å². The number of nitrogens with one attached hydrogen (secondary N) is 1. The highest BCUT2D eigenvalue weighted by molar-refractivity contribution is 7.99. The first kappa shape index (κ1) is 22.5. The van der Waals surface area contributed by atoms with E-state index in [-0.39, 0.29) is 11.7 Å². The summed E-state index contributed by atoms with van der Waals surface area (Å²) in [7, 11) is 0. The van der Waals surface area contributed by atoms with E-state index >= 15 is 0 Å². The molecule has 1 aromatic heterocycles. The second kappa shape index (κ2) is 10.2. The summed E-state index contributed by atoms with van der Waals surface area (Å²) in [5, 5.41) is 12.8. The minimum Gasteiger partial charge on any atom is -0.485 e.